The lowest BCUT2D eigenvalue weighted by atomic mass is 10.2. The van der Waals surface area contributed by atoms with Gasteiger partial charge in [-0.3, -0.25) is 0 Å². The summed E-state index contributed by atoms with van der Waals surface area (Å²) in [6.45, 7) is 0. The third kappa shape index (κ3) is 3.85. The molecule has 0 aliphatic rings. The van der Waals surface area contributed by atoms with Gasteiger partial charge in [-0.05, 0) is 30.5 Å². The number of oxazole rings is 1. The van der Waals surface area contributed by atoms with Crippen LogP contribution in [-0.4, -0.2) is 21.4 Å². The molecular formula is C14H12ClN3O2S2. The molecule has 0 atom stereocenters. The number of aromatic nitrogens is 3. The second-order valence-electron chi connectivity index (χ2n) is 4.33. The van der Waals surface area contributed by atoms with E-state index in [0.717, 1.165) is 17.0 Å². The molecule has 2 aromatic heterocycles. The fraction of sp³-hybridized carbons (Fsp3) is 0.214. The van der Waals surface area contributed by atoms with Crippen LogP contribution in [-0.2, 0) is 11.5 Å². The fourth-order valence-electron chi connectivity index (χ4n) is 1.71. The minimum atomic E-state index is 0.542. The van der Waals surface area contributed by atoms with E-state index in [1.807, 2.05) is 18.4 Å². The van der Waals surface area contributed by atoms with Crippen molar-refractivity contribution in [3.8, 4) is 11.5 Å². The Bertz CT molecular complexity index is 743. The quantitative estimate of drug-likeness (QED) is 0.603. The molecule has 0 bridgehead atoms. The van der Waals surface area contributed by atoms with Crippen LogP contribution in [0.15, 0.2) is 44.6 Å². The molecule has 0 unspecified atom stereocenters. The molecule has 8 heteroatoms. The van der Waals surface area contributed by atoms with Crippen LogP contribution < -0.4 is 0 Å². The van der Waals surface area contributed by atoms with Crippen molar-refractivity contribution in [2.24, 2.45) is 0 Å². The fourth-order valence-corrected chi connectivity index (χ4v) is 2.86. The molecule has 0 spiro atoms. The van der Waals surface area contributed by atoms with E-state index in [2.05, 4.69) is 15.2 Å². The van der Waals surface area contributed by atoms with Crippen LogP contribution in [0.4, 0.5) is 0 Å². The summed E-state index contributed by atoms with van der Waals surface area (Å²) in [6, 6.07) is 7.36. The van der Waals surface area contributed by atoms with Gasteiger partial charge in [0.2, 0.25) is 11.8 Å². The van der Waals surface area contributed by atoms with E-state index >= 15 is 0 Å². The number of thioether (sulfide) groups is 2. The maximum absolute atomic E-state index is 5.87. The van der Waals surface area contributed by atoms with Crippen molar-refractivity contribution in [1.82, 2.24) is 15.2 Å². The summed E-state index contributed by atoms with van der Waals surface area (Å²) in [4.78, 5) is 4.44. The van der Waals surface area contributed by atoms with Gasteiger partial charge in [0.25, 0.3) is 5.22 Å². The van der Waals surface area contributed by atoms with Gasteiger partial charge < -0.3 is 8.83 Å². The first-order valence-corrected chi connectivity index (χ1v) is 9.15. The van der Waals surface area contributed by atoms with E-state index < -0.39 is 0 Å². The molecule has 3 aromatic rings. The molecule has 0 saturated carbocycles. The molecule has 0 fully saturated rings. The lowest BCUT2D eigenvalue weighted by Gasteiger charge is -1.94. The maximum Gasteiger partial charge on any atom is 0.276 e. The van der Waals surface area contributed by atoms with Crippen molar-refractivity contribution in [3.05, 3.63) is 47.1 Å². The van der Waals surface area contributed by atoms with Gasteiger partial charge in [0.15, 0.2) is 0 Å². The first-order valence-electron chi connectivity index (χ1n) is 6.39. The van der Waals surface area contributed by atoms with Crippen LogP contribution in [0.1, 0.15) is 11.6 Å². The van der Waals surface area contributed by atoms with Crippen LogP contribution in [0.25, 0.3) is 11.5 Å². The van der Waals surface area contributed by atoms with Crippen LogP contribution in [0.3, 0.4) is 0 Å². The zero-order valence-corrected chi connectivity index (χ0v) is 14.0. The molecular weight excluding hydrogens is 342 g/mol. The molecule has 0 amide bonds. The number of rotatable bonds is 6. The highest BCUT2D eigenvalue weighted by molar-refractivity contribution is 7.98. The normalized spacial score (nSPS) is 11.0. The van der Waals surface area contributed by atoms with Gasteiger partial charge in [-0.15, -0.1) is 10.2 Å². The van der Waals surface area contributed by atoms with Crippen molar-refractivity contribution in [2.45, 2.75) is 16.7 Å². The molecule has 0 aliphatic carbocycles. The Morgan fingerprint density at radius 2 is 1.95 bits per heavy atom. The Balaban J connectivity index is 1.62. The Morgan fingerprint density at radius 1 is 1.14 bits per heavy atom. The van der Waals surface area contributed by atoms with E-state index in [-0.39, 0.29) is 0 Å². The summed E-state index contributed by atoms with van der Waals surface area (Å²) in [6.07, 6.45) is 3.63. The highest BCUT2D eigenvalue weighted by Crippen LogP contribution is 2.25. The van der Waals surface area contributed by atoms with Crippen LogP contribution >= 0.6 is 35.1 Å². The number of benzene rings is 1. The third-order valence-corrected chi connectivity index (χ3v) is 4.34. The predicted octanol–water partition coefficient (Wildman–Crippen LogP) is 4.53. The highest BCUT2D eigenvalue weighted by atomic mass is 35.5. The van der Waals surface area contributed by atoms with Gasteiger partial charge in [-0.25, -0.2) is 4.98 Å². The zero-order valence-electron chi connectivity index (χ0n) is 11.7. The summed E-state index contributed by atoms with van der Waals surface area (Å²) < 4.78 is 11.0. The van der Waals surface area contributed by atoms with E-state index in [1.165, 1.54) is 11.8 Å². The first kappa shape index (κ1) is 15.5. The van der Waals surface area contributed by atoms with Gasteiger partial charge in [-0.1, -0.05) is 23.4 Å². The zero-order chi connectivity index (χ0) is 15.4. The third-order valence-electron chi connectivity index (χ3n) is 2.70. The van der Waals surface area contributed by atoms with E-state index in [0.29, 0.717) is 27.8 Å². The van der Waals surface area contributed by atoms with Crippen molar-refractivity contribution < 1.29 is 8.83 Å². The van der Waals surface area contributed by atoms with E-state index in [4.69, 9.17) is 20.4 Å². The van der Waals surface area contributed by atoms with E-state index in [1.54, 1.807) is 30.2 Å². The molecule has 0 saturated heterocycles. The van der Waals surface area contributed by atoms with Crippen molar-refractivity contribution >= 4 is 35.1 Å². The Morgan fingerprint density at radius 3 is 2.73 bits per heavy atom. The summed E-state index contributed by atoms with van der Waals surface area (Å²) >= 11 is 8.95. The van der Waals surface area contributed by atoms with Gasteiger partial charge in [0.1, 0.15) is 6.26 Å². The first-order chi connectivity index (χ1) is 10.7. The molecule has 22 heavy (non-hydrogen) atoms. The second-order valence-corrected chi connectivity index (χ2v) is 6.56. The van der Waals surface area contributed by atoms with Gasteiger partial charge in [0, 0.05) is 16.3 Å². The molecule has 0 aliphatic heterocycles. The second kappa shape index (κ2) is 7.21. The lowest BCUT2D eigenvalue weighted by molar-refractivity contribution is 0.426. The predicted molar refractivity (Wildman–Crippen MR) is 88.0 cm³/mol. The average Bonchev–Trinajstić information content (AvgIpc) is 3.16. The molecule has 0 radical (unpaired) electrons. The Hall–Kier alpha value is -1.44. The Kier molecular flexibility index (Phi) is 5.07. The van der Waals surface area contributed by atoms with Crippen LogP contribution in [0, 0.1) is 0 Å². The average molecular weight is 354 g/mol. The number of hydrogen-bond acceptors (Lipinski definition) is 7. The minimum absolute atomic E-state index is 0.542. The highest BCUT2D eigenvalue weighted by Gasteiger charge is 2.10. The van der Waals surface area contributed by atoms with Gasteiger partial charge in [-0.2, -0.15) is 11.8 Å². The van der Waals surface area contributed by atoms with Crippen molar-refractivity contribution in [3.63, 3.8) is 0 Å². The molecule has 5 nitrogen and oxygen atoms in total. The maximum atomic E-state index is 5.87. The minimum Gasteiger partial charge on any atom is -0.444 e. The lowest BCUT2D eigenvalue weighted by Crippen LogP contribution is -1.82. The number of hydrogen-bond donors (Lipinski definition) is 0. The molecule has 3 rings (SSSR count). The molecule has 2 heterocycles. The summed E-state index contributed by atoms with van der Waals surface area (Å²) in [5, 5.41) is 9.17. The Labute approximate surface area is 140 Å². The van der Waals surface area contributed by atoms with Crippen LogP contribution in [0.2, 0.25) is 5.02 Å². The summed E-state index contributed by atoms with van der Waals surface area (Å²) in [5.74, 6) is 2.54. The van der Waals surface area contributed by atoms with Crippen LogP contribution in [0.5, 0.6) is 0 Å². The van der Waals surface area contributed by atoms with Gasteiger partial charge in [0.05, 0.1) is 11.4 Å². The molecule has 0 N–H and O–H groups in total. The van der Waals surface area contributed by atoms with Gasteiger partial charge >= 0.3 is 0 Å². The van der Waals surface area contributed by atoms with E-state index in [9.17, 15) is 0 Å². The summed E-state index contributed by atoms with van der Waals surface area (Å²) in [5.41, 5.74) is 1.71. The summed E-state index contributed by atoms with van der Waals surface area (Å²) in [7, 11) is 0. The topological polar surface area (TPSA) is 65.0 Å². The molecule has 1 aromatic carbocycles. The number of nitrogens with zero attached hydrogens (tertiary/aromatic N) is 3. The standard InChI is InChI=1S/C14H12ClN3O2S2/c1-21-8-12-17-18-14(20-12)22-7-11-6-19-13(16-11)9-2-4-10(15)5-3-9/h2-6H,7-8H2,1H3. The monoisotopic (exact) mass is 353 g/mol. The largest absolute Gasteiger partial charge is 0.444 e. The van der Waals surface area contributed by atoms with Crippen molar-refractivity contribution in [2.75, 3.05) is 6.26 Å². The SMILES string of the molecule is CSCc1nnc(SCc2coc(-c3ccc(Cl)cc3)n2)o1. The number of halogens is 1. The molecule has 114 valence electrons. The van der Waals surface area contributed by atoms with Crippen molar-refractivity contribution in [1.29, 1.82) is 0 Å². The smallest absolute Gasteiger partial charge is 0.276 e.